The van der Waals surface area contributed by atoms with Crippen molar-refractivity contribution in [2.45, 2.75) is 40.7 Å². The summed E-state index contributed by atoms with van der Waals surface area (Å²) in [5.74, 6) is -0.119. The summed E-state index contributed by atoms with van der Waals surface area (Å²) in [6, 6.07) is 10.5. The molecule has 3 aromatic rings. The van der Waals surface area contributed by atoms with Crippen LogP contribution in [-0.2, 0) is 17.8 Å². The largest absolute Gasteiger partial charge is 0.312 e. The van der Waals surface area contributed by atoms with E-state index in [0.717, 1.165) is 20.6 Å². The summed E-state index contributed by atoms with van der Waals surface area (Å²) in [6.07, 6.45) is 2.16. The van der Waals surface area contributed by atoms with Crippen LogP contribution in [-0.4, -0.2) is 10.5 Å². The molecular weight excluding hydrogens is 340 g/mol. The number of carbonyl (C=O) groups is 1. The zero-order valence-electron chi connectivity index (χ0n) is 15.8. The molecule has 0 unspecified atom stereocenters. The van der Waals surface area contributed by atoms with Crippen molar-refractivity contribution in [3.63, 3.8) is 0 Å². The summed E-state index contributed by atoms with van der Waals surface area (Å²) in [7, 11) is 0. The Morgan fingerprint density at radius 3 is 2.46 bits per heavy atom. The number of hydrogen-bond acceptors (Lipinski definition) is 2. The van der Waals surface area contributed by atoms with E-state index in [1.165, 1.54) is 22.3 Å². The van der Waals surface area contributed by atoms with Crippen LogP contribution in [0.4, 0.5) is 0 Å². The van der Waals surface area contributed by atoms with Crippen LogP contribution in [0.2, 0.25) is 0 Å². The molecule has 0 aliphatic heterocycles. The summed E-state index contributed by atoms with van der Waals surface area (Å²) in [5.41, 5.74) is 7.03. The number of aryl methyl sites for hydroxylation is 4. The van der Waals surface area contributed by atoms with Gasteiger partial charge in [-0.3, -0.25) is 4.79 Å². The van der Waals surface area contributed by atoms with Gasteiger partial charge in [0.15, 0.2) is 4.80 Å². The van der Waals surface area contributed by atoms with Gasteiger partial charge < -0.3 is 4.57 Å². The van der Waals surface area contributed by atoms with E-state index in [4.69, 9.17) is 0 Å². The molecule has 0 aliphatic rings. The van der Waals surface area contributed by atoms with Crippen LogP contribution in [0, 0.1) is 27.7 Å². The lowest BCUT2D eigenvalue weighted by molar-refractivity contribution is -0.117. The van der Waals surface area contributed by atoms with E-state index >= 15 is 0 Å². The number of aromatic nitrogens is 1. The highest BCUT2D eigenvalue weighted by Crippen LogP contribution is 2.22. The first-order chi connectivity index (χ1) is 12.4. The second kappa shape index (κ2) is 7.42. The highest BCUT2D eigenvalue weighted by molar-refractivity contribution is 7.16. The number of carbonyl (C=O) groups excluding carboxylic acids is 1. The second-order valence-electron chi connectivity index (χ2n) is 6.79. The van der Waals surface area contributed by atoms with Crippen LogP contribution in [0.25, 0.3) is 10.2 Å². The molecule has 1 heterocycles. The molecule has 0 N–H and O–H groups in total. The average Bonchev–Trinajstić information content (AvgIpc) is 2.88. The standard InChI is InChI=1S/C22H24N2OS/c1-6-9-24-19-11-16(4)17(5)12-20(19)26-22(24)23-21(25)13-18-8-7-14(2)15(3)10-18/h6-8,10-12H,1,9,13H2,2-5H3. The minimum Gasteiger partial charge on any atom is -0.312 e. The normalized spacial score (nSPS) is 11.9. The van der Waals surface area contributed by atoms with E-state index in [1.807, 2.05) is 12.1 Å². The Balaban J connectivity index is 2.02. The van der Waals surface area contributed by atoms with Crippen LogP contribution < -0.4 is 4.80 Å². The first-order valence-electron chi connectivity index (χ1n) is 8.74. The molecular formula is C22H24N2OS. The van der Waals surface area contributed by atoms with E-state index in [1.54, 1.807) is 11.3 Å². The van der Waals surface area contributed by atoms with Gasteiger partial charge in [0, 0.05) is 6.54 Å². The summed E-state index contributed by atoms with van der Waals surface area (Å²) >= 11 is 1.56. The van der Waals surface area contributed by atoms with Gasteiger partial charge in [-0.25, -0.2) is 0 Å². The Morgan fingerprint density at radius 2 is 1.77 bits per heavy atom. The third-order valence-corrected chi connectivity index (χ3v) is 5.80. The third kappa shape index (κ3) is 3.70. The van der Waals surface area contributed by atoms with Crippen molar-refractivity contribution < 1.29 is 4.79 Å². The molecule has 0 saturated heterocycles. The maximum absolute atomic E-state index is 12.5. The maximum Gasteiger partial charge on any atom is 0.252 e. The Morgan fingerprint density at radius 1 is 1.08 bits per heavy atom. The summed E-state index contributed by atoms with van der Waals surface area (Å²) in [5, 5.41) is 0. The van der Waals surface area contributed by atoms with Crippen molar-refractivity contribution in [3.05, 3.63) is 75.6 Å². The van der Waals surface area contributed by atoms with Crippen LogP contribution in [0.15, 0.2) is 48.0 Å². The fraction of sp³-hybridized carbons (Fsp3) is 0.273. The summed E-state index contributed by atoms with van der Waals surface area (Å²) in [6.45, 7) is 12.8. The molecule has 3 rings (SSSR count). The minimum atomic E-state index is -0.119. The van der Waals surface area contributed by atoms with Crippen molar-refractivity contribution in [1.29, 1.82) is 0 Å². The van der Waals surface area contributed by atoms with Gasteiger partial charge in [-0.15, -0.1) is 6.58 Å². The molecule has 0 fully saturated rings. The van der Waals surface area contributed by atoms with Gasteiger partial charge in [0.05, 0.1) is 16.6 Å². The lowest BCUT2D eigenvalue weighted by Crippen LogP contribution is -2.17. The summed E-state index contributed by atoms with van der Waals surface area (Å²) < 4.78 is 3.21. The van der Waals surface area contributed by atoms with Gasteiger partial charge in [-0.1, -0.05) is 35.6 Å². The lowest BCUT2D eigenvalue weighted by atomic mass is 10.0. The molecule has 134 valence electrons. The number of rotatable bonds is 4. The Labute approximate surface area is 158 Å². The number of nitrogens with zero attached hydrogens (tertiary/aromatic N) is 2. The van der Waals surface area contributed by atoms with Crippen molar-refractivity contribution >= 4 is 27.5 Å². The third-order valence-electron chi connectivity index (χ3n) is 4.76. The van der Waals surface area contributed by atoms with Crippen molar-refractivity contribution in [1.82, 2.24) is 4.57 Å². The number of amides is 1. The quantitative estimate of drug-likeness (QED) is 0.613. The van der Waals surface area contributed by atoms with E-state index in [9.17, 15) is 4.79 Å². The zero-order valence-corrected chi connectivity index (χ0v) is 16.6. The molecule has 0 saturated carbocycles. The van der Waals surface area contributed by atoms with Crippen molar-refractivity contribution in [2.24, 2.45) is 4.99 Å². The topological polar surface area (TPSA) is 34.4 Å². The zero-order chi connectivity index (χ0) is 18.8. The number of thiazole rings is 1. The number of hydrogen-bond donors (Lipinski definition) is 0. The van der Waals surface area contributed by atoms with Gasteiger partial charge in [0.2, 0.25) is 0 Å². The molecule has 1 aromatic heterocycles. The molecule has 3 nitrogen and oxygen atoms in total. The highest BCUT2D eigenvalue weighted by atomic mass is 32.1. The molecule has 0 radical (unpaired) electrons. The second-order valence-corrected chi connectivity index (χ2v) is 7.80. The van der Waals surface area contributed by atoms with Gasteiger partial charge in [-0.2, -0.15) is 4.99 Å². The molecule has 0 bridgehead atoms. The lowest BCUT2D eigenvalue weighted by Gasteiger charge is -2.04. The predicted molar refractivity (Wildman–Crippen MR) is 110 cm³/mol. The summed E-state index contributed by atoms with van der Waals surface area (Å²) in [4.78, 5) is 17.7. The van der Waals surface area contributed by atoms with Gasteiger partial charge in [0.1, 0.15) is 0 Å². The molecule has 0 atom stereocenters. The van der Waals surface area contributed by atoms with E-state index in [-0.39, 0.29) is 5.91 Å². The maximum atomic E-state index is 12.5. The molecule has 0 aliphatic carbocycles. The van der Waals surface area contributed by atoms with Crippen LogP contribution in [0.1, 0.15) is 27.8 Å². The molecule has 0 spiro atoms. The minimum absolute atomic E-state index is 0.119. The molecule has 4 heteroatoms. The van der Waals surface area contributed by atoms with Crippen LogP contribution in [0.3, 0.4) is 0 Å². The van der Waals surface area contributed by atoms with E-state index < -0.39 is 0 Å². The van der Waals surface area contributed by atoms with Crippen LogP contribution >= 0.6 is 11.3 Å². The van der Waals surface area contributed by atoms with Crippen molar-refractivity contribution in [3.8, 4) is 0 Å². The monoisotopic (exact) mass is 364 g/mol. The smallest absolute Gasteiger partial charge is 0.252 e. The fourth-order valence-corrected chi connectivity index (χ4v) is 4.08. The van der Waals surface area contributed by atoms with Crippen molar-refractivity contribution in [2.75, 3.05) is 0 Å². The van der Waals surface area contributed by atoms with Crippen LogP contribution in [0.5, 0.6) is 0 Å². The number of allylic oxidation sites excluding steroid dienone is 1. The van der Waals surface area contributed by atoms with Gasteiger partial charge >= 0.3 is 0 Å². The Kier molecular flexibility index (Phi) is 5.23. The van der Waals surface area contributed by atoms with E-state index in [0.29, 0.717) is 13.0 Å². The molecule has 26 heavy (non-hydrogen) atoms. The first-order valence-corrected chi connectivity index (χ1v) is 9.56. The number of benzene rings is 2. The van der Waals surface area contributed by atoms with Gasteiger partial charge in [-0.05, 0) is 67.6 Å². The fourth-order valence-electron chi connectivity index (χ4n) is 2.95. The number of fused-ring (bicyclic) bond motifs is 1. The predicted octanol–water partition coefficient (Wildman–Crippen LogP) is 4.79. The Hall–Kier alpha value is -2.46. The van der Waals surface area contributed by atoms with Gasteiger partial charge in [0.25, 0.3) is 5.91 Å². The average molecular weight is 365 g/mol. The first kappa shape index (κ1) is 18.3. The Bertz CT molecular complexity index is 1070. The highest BCUT2D eigenvalue weighted by Gasteiger charge is 2.09. The molecule has 2 aromatic carbocycles. The molecule has 1 amide bonds. The SMILES string of the molecule is C=CCn1c(=NC(=O)Cc2ccc(C)c(C)c2)sc2cc(C)c(C)cc21. The van der Waals surface area contributed by atoms with E-state index in [2.05, 4.69) is 68.1 Å².